The maximum Gasteiger partial charge on any atom is 0.118 e. The van der Waals surface area contributed by atoms with E-state index in [-0.39, 0.29) is 12.2 Å². The molecule has 136 valence electrons. The highest BCUT2D eigenvalue weighted by atomic mass is 16.5. The number of furan rings is 1. The van der Waals surface area contributed by atoms with E-state index in [2.05, 4.69) is 16.1 Å². The van der Waals surface area contributed by atoms with Gasteiger partial charge in [0.25, 0.3) is 0 Å². The number of hydrogen-bond donors (Lipinski definition) is 0. The molecule has 0 saturated carbocycles. The van der Waals surface area contributed by atoms with Crippen molar-refractivity contribution < 1.29 is 13.9 Å². The molecule has 0 aliphatic carbocycles. The number of likely N-dealkylation sites (tertiary alicyclic amines) is 1. The fourth-order valence-corrected chi connectivity index (χ4v) is 4.00. The zero-order valence-electron chi connectivity index (χ0n) is 14.8. The van der Waals surface area contributed by atoms with Gasteiger partial charge in [0, 0.05) is 44.7 Å². The van der Waals surface area contributed by atoms with E-state index < -0.39 is 0 Å². The highest BCUT2D eigenvalue weighted by molar-refractivity contribution is 5.07. The van der Waals surface area contributed by atoms with Crippen LogP contribution in [-0.4, -0.2) is 52.7 Å². The van der Waals surface area contributed by atoms with Gasteiger partial charge in [-0.2, -0.15) is 5.10 Å². The molecular weight excluding hydrogens is 318 g/mol. The number of nitrogens with zero attached hydrogens (tertiary/aromatic N) is 3. The monoisotopic (exact) mass is 345 g/mol. The Hall–Kier alpha value is -1.63. The average Bonchev–Trinajstić information content (AvgIpc) is 3.34. The second-order valence-corrected chi connectivity index (χ2v) is 7.02. The minimum Gasteiger partial charge on any atom is -0.465 e. The van der Waals surface area contributed by atoms with Crippen LogP contribution >= 0.6 is 0 Å². The SMILES string of the molecule is Cc1ccc(CN2C[C@@H](OCCCn3cccn3)[C@@H]3OCCC[C@@H]32)o1. The summed E-state index contributed by atoms with van der Waals surface area (Å²) in [6, 6.07) is 6.50. The molecule has 0 N–H and O–H groups in total. The van der Waals surface area contributed by atoms with Crippen molar-refractivity contribution in [3.8, 4) is 0 Å². The van der Waals surface area contributed by atoms with Crippen molar-refractivity contribution in [2.75, 3.05) is 19.8 Å². The van der Waals surface area contributed by atoms with Crippen LogP contribution in [0.4, 0.5) is 0 Å². The van der Waals surface area contributed by atoms with Gasteiger partial charge in [-0.15, -0.1) is 0 Å². The van der Waals surface area contributed by atoms with E-state index in [1.807, 2.05) is 36.1 Å². The number of ether oxygens (including phenoxy) is 2. The van der Waals surface area contributed by atoms with E-state index in [1.54, 1.807) is 0 Å². The summed E-state index contributed by atoms with van der Waals surface area (Å²) in [5.74, 6) is 2.00. The molecule has 0 aromatic carbocycles. The fraction of sp³-hybridized carbons (Fsp3) is 0.632. The Bertz CT molecular complexity index is 655. The summed E-state index contributed by atoms with van der Waals surface area (Å²) in [7, 11) is 0. The Morgan fingerprint density at radius 3 is 3.12 bits per heavy atom. The normalized spacial score (nSPS) is 26.8. The van der Waals surface area contributed by atoms with Gasteiger partial charge in [0.1, 0.15) is 17.6 Å². The summed E-state index contributed by atoms with van der Waals surface area (Å²) in [5.41, 5.74) is 0. The summed E-state index contributed by atoms with van der Waals surface area (Å²) < 4.78 is 20.0. The van der Waals surface area contributed by atoms with Crippen LogP contribution in [0.25, 0.3) is 0 Å². The van der Waals surface area contributed by atoms with Crippen molar-refractivity contribution in [1.82, 2.24) is 14.7 Å². The van der Waals surface area contributed by atoms with Gasteiger partial charge in [0.15, 0.2) is 0 Å². The predicted octanol–water partition coefficient (Wildman–Crippen LogP) is 2.62. The van der Waals surface area contributed by atoms with E-state index in [0.717, 1.165) is 57.2 Å². The van der Waals surface area contributed by atoms with Crippen LogP contribution in [-0.2, 0) is 22.6 Å². The maximum atomic E-state index is 6.21. The van der Waals surface area contributed by atoms with Gasteiger partial charge in [0.2, 0.25) is 0 Å². The lowest BCUT2D eigenvalue weighted by Crippen LogP contribution is -2.41. The van der Waals surface area contributed by atoms with E-state index in [9.17, 15) is 0 Å². The topological polar surface area (TPSA) is 52.7 Å². The summed E-state index contributed by atoms with van der Waals surface area (Å²) in [4.78, 5) is 2.47. The first kappa shape index (κ1) is 16.8. The second-order valence-electron chi connectivity index (χ2n) is 7.02. The Morgan fingerprint density at radius 2 is 2.32 bits per heavy atom. The third-order valence-electron chi connectivity index (χ3n) is 5.16. The Balaban J connectivity index is 1.31. The van der Waals surface area contributed by atoms with Crippen LogP contribution in [0, 0.1) is 6.92 Å². The fourth-order valence-electron chi connectivity index (χ4n) is 4.00. The molecule has 4 heterocycles. The van der Waals surface area contributed by atoms with Gasteiger partial charge in [-0.05, 0) is 44.4 Å². The Labute approximate surface area is 148 Å². The minimum atomic E-state index is 0.152. The first-order valence-electron chi connectivity index (χ1n) is 9.29. The van der Waals surface area contributed by atoms with E-state index in [0.29, 0.717) is 6.04 Å². The molecule has 2 aromatic heterocycles. The number of hydrogen-bond acceptors (Lipinski definition) is 5. The lowest BCUT2D eigenvalue weighted by Gasteiger charge is -2.32. The average molecular weight is 345 g/mol. The molecular formula is C19H27N3O3. The van der Waals surface area contributed by atoms with Crippen molar-refractivity contribution >= 4 is 0 Å². The molecule has 3 atom stereocenters. The second kappa shape index (κ2) is 7.72. The highest BCUT2D eigenvalue weighted by Crippen LogP contribution is 2.32. The quantitative estimate of drug-likeness (QED) is 0.722. The molecule has 0 bridgehead atoms. The molecule has 4 rings (SSSR count). The van der Waals surface area contributed by atoms with Crippen LogP contribution in [0.1, 0.15) is 30.8 Å². The zero-order valence-corrected chi connectivity index (χ0v) is 14.8. The molecule has 6 nitrogen and oxygen atoms in total. The first-order chi connectivity index (χ1) is 12.3. The molecule has 0 unspecified atom stereocenters. The highest BCUT2D eigenvalue weighted by Gasteiger charge is 2.44. The zero-order chi connectivity index (χ0) is 17.1. The smallest absolute Gasteiger partial charge is 0.118 e. The lowest BCUT2D eigenvalue weighted by atomic mass is 10.0. The molecule has 0 radical (unpaired) electrons. The lowest BCUT2D eigenvalue weighted by molar-refractivity contribution is -0.0781. The van der Waals surface area contributed by atoms with E-state index in [1.165, 1.54) is 6.42 Å². The summed E-state index contributed by atoms with van der Waals surface area (Å²) in [5, 5.41) is 4.23. The summed E-state index contributed by atoms with van der Waals surface area (Å²) in [6.45, 7) is 6.23. The van der Waals surface area contributed by atoms with Crippen LogP contribution in [0.3, 0.4) is 0 Å². The molecule has 6 heteroatoms. The molecule has 2 aliphatic rings. The molecule has 2 fully saturated rings. The third kappa shape index (κ3) is 3.97. The number of aryl methyl sites for hydroxylation is 2. The Morgan fingerprint density at radius 1 is 1.36 bits per heavy atom. The summed E-state index contributed by atoms with van der Waals surface area (Å²) in [6.07, 6.45) is 7.41. The van der Waals surface area contributed by atoms with Crippen LogP contribution in [0.5, 0.6) is 0 Å². The van der Waals surface area contributed by atoms with Gasteiger partial charge in [-0.3, -0.25) is 9.58 Å². The van der Waals surface area contributed by atoms with E-state index in [4.69, 9.17) is 13.9 Å². The molecule has 25 heavy (non-hydrogen) atoms. The van der Waals surface area contributed by atoms with Gasteiger partial charge >= 0.3 is 0 Å². The third-order valence-corrected chi connectivity index (χ3v) is 5.16. The summed E-state index contributed by atoms with van der Waals surface area (Å²) >= 11 is 0. The Kier molecular flexibility index (Phi) is 5.20. The largest absolute Gasteiger partial charge is 0.465 e. The van der Waals surface area contributed by atoms with Crippen molar-refractivity contribution in [3.05, 3.63) is 42.1 Å². The van der Waals surface area contributed by atoms with Gasteiger partial charge < -0.3 is 13.9 Å². The predicted molar refractivity (Wildman–Crippen MR) is 93.2 cm³/mol. The molecule has 0 spiro atoms. The maximum absolute atomic E-state index is 6.21. The first-order valence-corrected chi connectivity index (χ1v) is 9.29. The standard InChI is InChI=1S/C19H27N3O3/c1-15-6-7-16(25-15)13-21-14-18(19-17(21)5-2-11-24-19)23-12-4-10-22-9-3-8-20-22/h3,6-9,17-19H,2,4-5,10-14H2,1H3/t17-,18+,19+/m0/s1. The van der Waals surface area contributed by atoms with Crippen molar-refractivity contribution in [2.24, 2.45) is 0 Å². The van der Waals surface area contributed by atoms with Crippen LogP contribution in [0.15, 0.2) is 35.0 Å². The van der Waals surface area contributed by atoms with Gasteiger partial charge in [-0.1, -0.05) is 0 Å². The van der Waals surface area contributed by atoms with Crippen molar-refractivity contribution in [1.29, 1.82) is 0 Å². The number of aromatic nitrogens is 2. The molecule has 2 saturated heterocycles. The minimum absolute atomic E-state index is 0.152. The van der Waals surface area contributed by atoms with Crippen molar-refractivity contribution in [2.45, 2.75) is 57.5 Å². The number of rotatable bonds is 7. The molecule has 2 aromatic rings. The van der Waals surface area contributed by atoms with Crippen molar-refractivity contribution in [3.63, 3.8) is 0 Å². The number of fused-ring (bicyclic) bond motifs is 1. The van der Waals surface area contributed by atoms with E-state index >= 15 is 0 Å². The van der Waals surface area contributed by atoms with Gasteiger partial charge in [-0.25, -0.2) is 0 Å². The van der Waals surface area contributed by atoms with Gasteiger partial charge in [0.05, 0.1) is 12.6 Å². The molecule has 2 aliphatic heterocycles. The molecule has 0 amide bonds. The van der Waals surface area contributed by atoms with Crippen LogP contribution in [0.2, 0.25) is 0 Å². The van der Waals surface area contributed by atoms with Crippen LogP contribution < -0.4 is 0 Å².